The normalized spacial score (nSPS) is 19.0. The van der Waals surface area contributed by atoms with Crippen LogP contribution < -0.4 is 10.9 Å². The first-order valence-corrected chi connectivity index (χ1v) is 8.42. The number of furan rings is 1. The molecule has 0 radical (unpaired) electrons. The van der Waals surface area contributed by atoms with E-state index in [1.807, 2.05) is 18.2 Å². The molecule has 2 heterocycles. The van der Waals surface area contributed by atoms with Crippen LogP contribution in [0.1, 0.15) is 42.6 Å². The van der Waals surface area contributed by atoms with E-state index in [1.54, 1.807) is 18.2 Å². The molecule has 0 saturated carbocycles. The average Bonchev–Trinajstić information content (AvgIpc) is 3.25. The molecule has 0 amide bonds. The number of aliphatic hydroxyl groups is 1. The molecule has 4 N–H and O–H groups in total. The Labute approximate surface area is 142 Å². The lowest BCUT2D eigenvalue weighted by molar-refractivity contribution is 0.107. The highest BCUT2D eigenvalue weighted by molar-refractivity contribution is 5.28. The number of hydrazine groups is 1. The molecule has 0 bridgehead atoms. The molecule has 0 spiro atoms. The molecule has 1 aromatic carbocycles. The van der Waals surface area contributed by atoms with Crippen molar-refractivity contribution < 1.29 is 14.6 Å². The van der Waals surface area contributed by atoms with Crippen molar-refractivity contribution in [2.24, 2.45) is 0 Å². The first-order chi connectivity index (χ1) is 11.7. The van der Waals surface area contributed by atoms with Crippen molar-refractivity contribution in [2.45, 2.75) is 32.0 Å². The molecule has 6 nitrogen and oxygen atoms in total. The van der Waals surface area contributed by atoms with Crippen LogP contribution in [0, 0.1) is 0 Å². The third-order valence-electron chi connectivity index (χ3n) is 4.37. The van der Waals surface area contributed by atoms with Gasteiger partial charge in [-0.05, 0) is 42.8 Å². The molecular weight excluding hydrogens is 306 g/mol. The minimum absolute atomic E-state index is 0.169. The number of likely N-dealkylation sites (N-methyl/N-ethyl adjacent to an activating group) is 1. The van der Waals surface area contributed by atoms with Gasteiger partial charge in [-0.25, -0.2) is 5.43 Å². The summed E-state index contributed by atoms with van der Waals surface area (Å²) in [6, 6.07) is 11.0. The number of hydrogen-bond acceptors (Lipinski definition) is 6. The lowest BCUT2D eigenvalue weighted by atomic mass is 10.1. The Bertz CT molecular complexity index is 652. The Kier molecular flexibility index (Phi) is 5.52. The maximum atomic E-state index is 10.4. The summed E-state index contributed by atoms with van der Waals surface area (Å²) in [7, 11) is 0. The standard InChI is InChI=1S/C18H25N3O3/c1-2-21(12-17(23)13-4-3-5-14(22)10-13)11-15-6-7-18(24-15)16-8-9-19-20-16/h3-7,10,16-17,19-20,22-23H,2,8-9,11-12H2,1H3. The van der Waals surface area contributed by atoms with E-state index in [9.17, 15) is 10.2 Å². The number of benzene rings is 1. The van der Waals surface area contributed by atoms with Crippen LogP contribution in [-0.2, 0) is 6.54 Å². The third kappa shape index (κ3) is 4.15. The van der Waals surface area contributed by atoms with Crippen molar-refractivity contribution in [3.8, 4) is 5.75 Å². The first-order valence-electron chi connectivity index (χ1n) is 8.42. The lowest BCUT2D eigenvalue weighted by Crippen LogP contribution is -2.28. The van der Waals surface area contributed by atoms with Gasteiger partial charge >= 0.3 is 0 Å². The van der Waals surface area contributed by atoms with Gasteiger partial charge in [0.15, 0.2) is 0 Å². The number of nitrogens with zero attached hydrogens (tertiary/aromatic N) is 1. The third-order valence-corrected chi connectivity index (χ3v) is 4.37. The zero-order valence-corrected chi connectivity index (χ0v) is 13.9. The van der Waals surface area contributed by atoms with Crippen LogP contribution in [0.2, 0.25) is 0 Å². The molecular formula is C18H25N3O3. The van der Waals surface area contributed by atoms with E-state index in [1.165, 1.54) is 0 Å². The SMILES string of the molecule is CCN(Cc1ccc(C2CCNN2)o1)CC(O)c1cccc(O)c1. The number of aliphatic hydroxyl groups excluding tert-OH is 1. The molecule has 1 aromatic heterocycles. The van der Waals surface area contributed by atoms with Crippen LogP contribution in [0.3, 0.4) is 0 Å². The van der Waals surface area contributed by atoms with Gasteiger partial charge in [-0.1, -0.05) is 19.1 Å². The molecule has 0 aliphatic carbocycles. The fourth-order valence-corrected chi connectivity index (χ4v) is 2.97. The molecule has 2 aromatic rings. The second-order valence-electron chi connectivity index (χ2n) is 6.15. The van der Waals surface area contributed by atoms with Gasteiger partial charge in [0.05, 0.1) is 18.7 Å². The van der Waals surface area contributed by atoms with Crippen LogP contribution in [-0.4, -0.2) is 34.7 Å². The molecule has 1 saturated heterocycles. The molecule has 1 fully saturated rings. The maximum Gasteiger partial charge on any atom is 0.122 e. The monoisotopic (exact) mass is 331 g/mol. The average molecular weight is 331 g/mol. The number of nitrogens with one attached hydrogen (secondary N) is 2. The largest absolute Gasteiger partial charge is 0.508 e. The van der Waals surface area contributed by atoms with Crippen LogP contribution in [0.4, 0.5) is 0 Å². The predicted molar refractivity (Wildman–Crippen MR) is 91.2 cm³/mol. The van der Waals surface area contributed by atoms with Gasteiger partial charge in [0.25, 0.3) is 0 Å². The summed E-state index contributed by atoms with van der Waals surface area (Å²) in [4.78, 5) is 2.12. The van der Waals surface area contributed by atoms with Crippen molar-refractivity contribution in [1.29, 1.82) is 0 Å². The zero-order valence-electron chi connectivity index (χ0n) is 13.9. The number of phenols is 1. The predicted octanol–water partition coefficient (Wildman–Crippen LogP) is 2.08. The van der Waals surface area contributed by atoms with E-state index in [-0.39, 0.29) is 11.8 Å². The smallest absolute Gasteiger partial charge is 0.122 e. The molecule has 6 heteroatoms. The molecule has 1 aliphatic heterocycles. The topological polar surface area (TPSA) is 80.9 Å². The number of hydrogen-bond donors (Lipinski definition) is 4. The van der Waals surface area contributed by atoms with Gasteiger partial charge in [-0.3, -0.25) is 10.3 Å². The highest BCUT2D eigenvalue weighted by Gasteiger charge is 2.20. The number of phenolic OH excluding ortho intramolecular Hbond substituents is 1. The van der Waals surface area contributed by atoms with Gasteiger partial charge in [0, 0.05) is 13.1 Å². The first kappa shape index (κ1) is 17.0. The van der Waals surface area contributed by atoms with Crippen LogP contribution in [0.5, 0.6) is 5.75 Å². The second-order valence-corrected chi connectivity index (χ2v) is 6.15. The van der Waals surface area contributed by atoms with Crippen molar-refractivity contribution >= 4 is 0 Å². The van der Waals surface area contributed by atoms with Gasteiger partial charge in [-0.15, -0.1) is 0 Å². The fourth-order valence-electron chi connectivity index (χ4n) is 2.97. The summed E-state index contributed by atoms with van der Waals surface area (Å²) in [5.41, 5.74) is 7.02. The summed E-state index contributed by atoms with van der Waals surface area (Å²) in [6.07, 6.45) is 0.368. The fraction of sp³-hybridized carbons (Fsp3) is 0.444. The minimum atomic E-state index is -0.646. The summed E-state index contributed by atoms with van der Waals surface area (Å²) in [5, 5.41) is 19.9. The molecule has 3 rings (SSSR count). The van der Waals surface area contributed by atoms with Crippen molar-refractivity contribution in [2.75, 3.05) is 19.6 Å². The van der Waals surface area contributed by atoms with E-state index < -0.39 is 6.10 Å². The van der Waals surface area contributed by atoms with Crippen molar-refractivity contribution in [3.63, 3.8) is 0 Å². The van der Waals surface area contributed by atoms with Crippen molar-refractivity contribution in [1.82, 2.24) is 15.8 Å². The van der Waals surface area contributed by atoms with Crippen LogP contribution in [0.15, 0.2) is 40.8 Å². The summed E-state index contributed by atoms with van der Waals surface area (Å²) in [5.74, 6) is 2.01. The number of aromatic hydroxyl groups is 1. The van der Waals surface area contributed by atoms with E-state index in [0.29, 0.717) is 13.1 Å². The van der Waals surface area contributed by atoms with Gasteiger partial charge in [-0.2, -0.15) is 0 Å². The van der Waals surface area contributed by atoms with Crippen LogP contribution in [0.25, 0.3) is 0 Å². The summed E-state index contributed by atoms with van der Waals surface area (Å²) in [6.45, 7) is 4.93. The van der Waals surface area contributed by atoms with Crippen LogP contribution >= 0.6 is 0 Å². The van der Waals surface area contributed by atoms with E-state index in [0.717, 1.165) is 36.6 Å². The Morgan fingerprint density at radius 1 is 1.33 bits per heavy atom. The highest BCUT2D eigenvalue weighted by atomic mass is 16.3. The van der Waals surface area contributed by atoms with Gasteiger partial charge < -0.3 is 14.6 Å². The summed E-state index contributed by atoms with van der Waals surface area (Å²) < 4.78 is 5.94. The Morgan fingerprint density at radius 3 is 2.92 bits per heavy atom. The molecule has 130 valence electrons. The minimum Gasteiger partial charge on any atom is -0.508 e. The van der Waals surface area contributed by atoms with Gasteiger partial charge in [0.2, 0.25) is 0 Å². The van der Waals surface area contributed by atoms with Crippen molar-refractivity contribution in [3.05, 3.63) is 53.5 Å². The Hall–Kier alpha value is -1.86. The zero-order chi connectivity index (χ0) is 16.9. The molecule has 1 aliphatic rings. The highest BCUT2D eigenvalue weighted by Crippen LogP contribution is 2.23. The quantitative estimate of drug-likeness (QED) is 0.622. The lowest BCUT2D eigenvalue weighted by Gasteiger charge is -2.23. The number of rotatable bonds is 7. The Morgan fingerprint density at radius 2 is 2.21 bits per heavy atom. The molecule has 24 heavy (non-hydrogen) atoms. The summed E-state index contributed by atoms with van der Waals surface area (Å²) >= 11 is 0. The van der Waals surface area contributed by atoms with E-state index in [2.05, 4.69) is 22.7 Å². The Balaban J connectivity index is 1.60. The van der Waals surface area contributed by atoms with E-state index >= 15 is 0 Å². The molecule has 2 atom stereocenters. The molecule has 2 unspecified atom stereocenters. The van der Waals surface area contributed by atoms with E-state index in [4.69, 9.17) is 4.42 Å². The maximum absolute atomic E-state index is 10.4. The van der Waals surface area contributed by atoms with Gasteiger partial charge in [0.1, 0.15) is 17.3 Å². The second kappa shape index (κ2) is 7.81.